The molecule has 0 aromatic heterocycles. The van der Waals surface area contributed by atoms with Crippen LogP contribution in [0.25, 0.3) is 0 Å². The molecule has 0 amide bonds. The van der Waals surface area contributed by atoms with E-state index in [9.17, 15) is 14.0 Å². The maximum atomic E-state index is 12.0. The van der Waals surface area contributed by atoms with Gasteiger partial charge >= 0.3 is 11.9 Å². The Labute approximate surface area is 188 Å². The largest absolute Gasteiger partial charge is 0.494 e. The predicted molar refractivity (Wildman–Crippen MR) is 123 cm³/mol. The number of carbonyl (C=O) groups excluding carboxylic acids is 1. The van der Waals surface area contributed by atoms with E-state index in [1.54, 1.807) is 31.2 Å². The zero-order valence-electron chi connectivity index (χ0n) is 18.5. The van der Waals surface area contributed by atoms with Crippen LogP contribution in [0.4, 0.5) is 10.1 Å². The van der Waals surface area contributed by atoms with E-state index in [1.807, 2.05) is 0 Å². The summed E-state index contributed by atoms with van der Waals surface area (Å²) < 4.78 is 22.6. The number of benzene rings is 2. The minimum Gasteiger partial charge on any atom is -0.494 e. The van der Waals surface area contributed by atoms with Gasteiger partial charge in [0.05, 0.1) is 18.8 Å². The molecule has 0 aliphatic heterocycles. The summed E-state index contributed by atoms with van der Waals surface area (Å²) in [5, 5.41) is 8.81. The molecule has 0 spiro atoms. The summed E-state index contributed by atoms with van der Waals surface area (Å²) in [5.74, 6) is -0.807. The third-order valence-electron chi connectivity index (χ3n) is 4.36. The number of anilines is 1. The van der Waals surface area contributed by atoms with Crippen LogP contribution in [0.15, 0.2) is 60.7 Å². The molecule has 7 heteroatoms. The van der Waals surface area contributed by atoms with Gasteiger partial charge in [0.1, 0.15) is 11.6 Å². The molecule has 0 saturated carbocycles. The Morgan fingerprint density at radius 1 is 0.906 bits per heavy atom. The van der Waals surface area contributed by atoms with E-state index in [-0.39, 0.29) is 17.3 Å². The molecular formula is C25H32FNO5. The van der Waals surface area contributed by atoms with Crippen LogP contribution in [0.5, 0.6) is 5.75 Å². The highest BCUT2D eigenvalue weighted by molar-refractivity contribution is 5.87. The minimum absolute atomic E-state index is 0.251. The number of nitrogens with two attached hydrogens (primary N) is 1. The lowest BCUT2D eigenvalue weighted by Gasteiger charge is -2.07. The van der Waals surface area contributed by atoms with Crippen molar-refractivity contribution < 1.29 is 28.6 Å². The Bertz CT molecular complexity index is 813. The third-order valence-corrected chi connectivity index (χ3v) is 4.36. The van der Waals surface area contributed by atoms with E-state index < -0.39 is 5.97 Å². The van der Waals surface area contributed by atoms with Crippen LogP contribution >= 0.6 is 0 Å². The lowest BCUT2D eigenvalue weighted by molar-refractivity contribution is -0.139. The Hall–Kier alpha value is -3.35. The van der Waals surface area contributed by atoms with Gasteiger partial charge in [-0.2, -0.15) is 0 Å². The number of ether oxygens (including phenoxy) is 2. The fourth-order valence-electron chi connectivity index (χ4n) is 2.55. The Kier molecular flexibility index (Phi) is 12.9. The van der Waals surface area contributed by atoms with Crippen molar-refractivity contribution in [3.05, 3.63) is 72.1 Å². The summed E-state index contributed by atoms with van der Waals surface area (Å²) >= 11 is 0. The molecule has 0 saturated heterocycles. The molecule has 2 aromatic carbocycles. The van der Waals surface area contributed by atoms with Crippen molar-refractivity contribution in [2.24, 2.45) is 0 Å². The Morgan fingerprint density at radius 2 is 1.44 bits per heavy atom. The third kappa shape index (κ3) is 12.4. The molecule has 0 heterocycles. The monoisotopic (exact) mass is 445 g/mol. The van der Waals surface area contributed by atoms with Crippen LogP contribution in [0.2, 0.25) is 0 Å². The number of carboxylic acid groups (broad SMARTS) is 1. The van der Waals surface area contributed by atoms with Crippen LogP contribution in [0, 0.1) is 5.82 Å². The van der Waals surface area contributed by atoms with Crippen molar-refractivity contribution in [3.8, 4) is 5.75 Å². The highest BCUT2D eigenvalue weighted by Gasteiger charge is 2.03. The Balaban J connectivity index is 0.000000533. The number of hydrogen-bond acceptors (Lipinski definition) is 5. The molecule has 174 valence electrons. The molecule has 0 unspecified atom stereocenters. The molecule has 0 bridgehead atoms. The molecule has 2 rings (SSSR count). The normalized spacial score (nSPS) is 9.94. The van der Waals surface area contributed by atoms with E-state index in [0.29, 0.717) is 30.2 Å². The fourth-order valence-corrected chi connectivity index (χ4v) is 2.55. The second-order valence-corrected chi connectivity index (χ2v) is 7.27. The van der Waals surface area contributed by atoms with Gasteiger partial charge in [0, 0.05) is 11.3 Å². The summed E-state index contributed by atoms with van der Waals surface area (Å²) in [6.07, 6.45) is 6.20. The highest BCUT2D eigenvalue weighted by atomic mass is 19.1. The lowest BCUT2D eigenvalue weighted by Crippen LogP contribution is -2.06. The predicted octanol–water partition coefficient (Wildman–Crippen LogP) is 5.63. The molecule has 0 radical (unpaired) electrons. The smallest absolute Gasteiger partial charge is 0.335 e. The number of halogens is 1. The van der Waals surface area contributed by atoms with Crippen molar-refractivity contribution in [2.75, 3.05) is 18.9 Å². The molecule has 6 nitrogen and oxygen atoms in total. The van der Waals surface area contributed by atoms with Gasteiger partial charge in [-0.15, -0.1) is 0 Å². The molecule has 0 aliphatic carbocycles. The van der Waals surface area contributed by atoms with Gasteiger partial charge < -0.3 is 20.3 Å². The van der Waals surface area contributed by atoms with E-state index >= 15 is 0 Å². The van der Waals surface area contributed by atoms with Crippen LogP contribution in [0.1, 0.15) is 55.8 Å². The maximum absolute atomic E-state index is 12.0. The highest BCUT2D eigenvalue weighted by Crippen LogP contribution is 2.13. The molecule has 0 fully saturated rings. The van der Waals surface area contributed by atoms with Gasteiger partial charge in [-0.1, -0.05) is 32.3 Å². The van der Waals surface area contributed by atoms with E-state index in [4.69, 9.17) is 20.3 Å². The number of aromatic carboxylic acids is 1. The number of unbranched alkanes of at least 4 members (excludes halogenated alkanes) is 5. The first-order valence-corrected chi connectivity index (χ1v) is 10.6. The maximum Gasteiger partial charge on any atom is 0.335 e. The Morgan fingerprint density at radius 3 is 1.94 bits per heavy atom. The van der Waals surface area contributed by atoms with E-state index in [1.165, 1.54) is 24.3 Å². The van der Waals surface area contributed by atoms with Crippen LogP contribution < -0.4 is 10.5 Å². The summed E-state index contributed by atoms with van der Waals surface area (Å²) in [5.41, 5.74) is 6.55. The van der Waals surface area contributed by atoms with Crippen molar-refractivity contribution >= 4 is 17.6 Å². The first kappa shape index (κ1) is 26.7. The first-order chi connectivity index (χ1) is 15.3. The number of rotatable bonds is 12. The van der Waals surface area contributed by atoms with Gasteiger partial charge in [-0.05, 0) is 68.3 Å². The quantitative estimate of drug-likeness (QED) is 0.190. The topological polar surface area (TPSA) is 98.8 Å². The number of carbonyl (C=O) groups is 2. The van der Waals surface area contributed by atoms with Gasteiger partial charge in [0.25, 0.3) is 0 Å². The van der Waals surface area contributed by atoms with E-state index in [2.05, 4.69) is 6.58 Å². The molecule has 3 N–H and O–H groups in total. The molecule has 2 aromatic rings. The molecule has 0 aliphatic rings. The number of hydrogen-bond donors (Lipinski definition) is 2. The average molecular weight is 446 g/mol. The summed E-state index contributed by atoms with van der Waals surface area (Å²) in [6, 6.07) is 12.1. The minimum atomic E-state index is -0.934. The fraction of sp³-hybridized carbons (Fsp3) is 0.360. The second kappa shape index (κ2) is 15.5. The second-order valence-electron chi connectivity index (χ2n) is 7.27. The zero-order valence-corrected chi connectivity index (χ0v) is 18.5. The summed E-state index contributed by atoms with van der Waals surface area (Å²) in [7, 11) is 0. The van der Waals surface area contributed by atoms with E-state index in [0.717, 1.165) is 38.5 Å². The van der Waals surface area contributed by atoms with Crippen LogP contribution in [-0.2, 0) is 9.53 Å². The van der Waals surface area contributed by atoms with Crippen LogP contribution in [-0.4, -0.2) is 30.3 Å². The van der Waals surface area contributed by atoms with Crippen LogP contribution in [0.3, 0.4) is 0 Å². The van der Waals surface area contributed by atoms with Crippen molar-refractivity contribution in [1.82, 2.24) is 0 Å². The van der Waals surface area contributed by atoms with Gasteiger partial charge in [0.15, 0.2) is 0 Å². The summed E-state index contributed by atoms with van der Waals surface area (Å²) in [4.78, 5) is 21.9. The average Bonchev–Trinajstić information content (AvgIpc) is 2.77. The SMILES string of the molecule is C=C(C)C(=O)OCCCCCCCCOc1ccc(C(=O)O)cc1.Nc1ccc(F)cc1. The molecule has 32 heavy (non-hydrogen) atoms. The van der Waals surface area contributed by atoms with Gasteiger partial charge in [0.2, 0.25) is 0 Å². The van der Waals surface area contributed by atoms with Crippen molar-refractivity contribution in [2.45, 2.75) is 45.4 Å². The van der Waals surface area contributed by atoms with Gasteiger partial charge in [-0.3, -0.25) is 0 Å². The lowest BCUT2D eigenvalue weighted by atomic mass is 10.1. The van der Waals surface area contributed by atoms with Crippen molar-refractivity contribution in [3.63, 3.8) is 0 Å². The zero-order chi connectivity index (χ0) is 23.8. The summed E-state index contributed by atoms with van der Waals surface area (Å²) in [6.45, 7) is 6.26. The number of carboxylic acids is 1. The number of nitrogen functional groups attached to an aromatic ring is 1. The van der Waals surface area contributed by atoms with Crippen molar-refractivity contribution in [1.29, 1.82) is 0 Å². The van der Waals surface area contributed by atoms with Gasteiger partial charge in [-0.25, -0.2) is 14.0 Å². The first-order valence-electron chi connectivity index (χ1n) is 10.6. The molecular weight excluding hydrogens is 413 g/mol. The number of esters is 1. The molecule has 0 atom stereocenters. The standard InChI is InChI=1S/C19H26O5.C6H6FN/c1-15(2)19(22)24-14-8-6-4-3-5-7-13-23-17-11-9-16(10-12-17)18(20)21;7-5-1-3-6(8)4-2-5/h9-12H,1,3-8,13-14H2,2H3,(H,20,21);1-4H,8H2.